The van der Waals surface area contributed by atoms with Crippen molar-refractivity contribution in [3.05, 3.63) is 42.5 Å². The molecule has 0 saturated carbocycles. The molecule has 5 heteroatoms. The molecule has 1 N–H and O–H groups in total. The molecular weight excluding hydrogens is 292 g/mol. The van der Waals surface area contributed by atoms with Crippen molar-refractivity contribution in [3.63, 3.8) is 0 Å². The first-order valence-electron chi connectivity index (χ1n) is 6.19. The van der Waals surface area contributed by atoms with Gasteiger partial charge in [-0.2, -0.15) is 0 Å². The zero-order valence-electron chi connectivity index (χ0n) is 10.9. The Morgan fingerprint density at radius 2 is 1.95 bits per heavy atom. The van der Waals surface area contributed by atoms with Gasteiger partial charge in [0, 0.05) is 22.5 Å². The summed E-state index contributed by atoms with van der Waals surface area (Å²) in [6.45, 7) is 0. The van der Waals surface area contributed by atoms with Crippen LogP contribution < -0.4 is 10.2 Å². The smallest absolute Gasteiger partial charge is 0.239 e. The number of carbonyl (C=O) groups excluding carboxylic acids is 1. The molecule has 0 fully saturated rings. The molecule has 0 unspecified atom stereocenters. The van der Waals surface area contributed by atoms with E-state index in [0.29, 0.717) is 0 Å². The van der Waals surface area contributed by atoms with Crippen LogP contribution in [0.4, 0.5) is 17.1 Å². The third kappa shape index (κ3) is 2.37. The van der Waals surface area contributed by atoms with Gasteiger partial charge in [-0.15, -0.1) is 11.6 Å². The number of carbonyl (C=O) groups is 1. The number of fused-ring (bicyclic) bond motifs is 2. The highest BCUT2D eigenvalue weighted by molar-refractivity contribution is 7.99. The number of benzene rings is 2. The second-order valence-corrected chi connectivity index (χ2v) is 5.84. The number of rotatable bonds is 2. The fourth-order valence-corrected chi connectivity index (χ4v) is 3.47. The van der Waals surface area contributed by atoms with E-state index in [4.69, 9.17) is 11.6 Å². The van der Waals surface area contributed by atoms with E-state index in [1.807, 2.05) is 30.3 Å². The van der Waals surface area contributed by atoms with Gasteiger partial charge < -0.3 is 10.2 Å². The minimum absolute atomic E-state index is 0.0348. The number of alkyl halides is 1. The summed E-state index contributed by atoms with van der Waals surface area (Å²) >= 11 is 7.22. The zero-order valence-corrected chi connectivity index (χ0v) is 12.5. The lowest BCUT2D eigenvalue weighted by atomic mass is 10.2. The highest BCUT2D eigenvalue weighted by Gasteiger charge is 2.20. The van der Waals surface area contributed by atoms with Crippen LogP contribution in [-0.4, -0.2) is 18.8 Å². The van der Waals surface area contributed by atoms with Crippen molar-refractivity contribution in [1.82, 2.24) is 0 Å². The van der Waals surface area contributed by atoms with Crippen molar-refractivity contribution in [2.45, 2.75) is 9.79 Å². The van der Waals surface area contributed by atoms with Crippen molar-refractivity contribution >= 4 is 46.3 Å². The first-order chi connectivity index (χ1) is 9.69. The van der Waals surface area contributed by atoms with Crippen molar-refractivity contribution in [2.24, 2.45) is 0 Å². The van der Waals surface area contributed by atoms with Crippen LogP contribution in [0.1, 0.15) is 0 Å². The molecular formula is C15H13ClN2OS. The minimum Gasteiger partial charge on any atom is -0.343 e. The predicted octanol–water partition coefficient (Wildman–Crippen LogP) is 4.10. The summed E-state index contributed by atoms with van der Waals surface area (Å²) in [5.74, 6) is -0.228. The maximum atomic E-state index is 11.4. The van der Waals surface area contributed by atoms with Gasteiger partial charge in [-0.1, -0.05) is 23.9 Å². The normalized spacial score (nSPS) is 12.6. The number of hydrogen-bond acceptors (Lipinski definition) is 3. The lowest BCUT2D eigenvalue weighted by Gasteiger charge is -2.29. The number of hydrogen-bond donors (Lipinski definition) is 1. The molecule has 0 spiro atoms. The molecule has 0 atom stereocenters. The Bertz CT molecular complexity index is 675. The van der Waals surface area contributed by atoms with E-state index in [9.17, 15) is 4.79 Å². The average molecular weight is 305 g/mol. The largest absolute Gasteiger partial charge is 0.343 e. The minimum atomic E-state index is -0.193. The number of anilines is 3. The number of para-hydroxylation sites is 1. The Balaban J connectivity index is 1.96. The third-order valence-corrected chi connectivity index (χ3v) is 4.53. The SMILES string of the molecule is CN1c2ccccc2Sc2cc(NC(=O)CCl)ccc21. The summed E-state index contributed by atoms with van der Waals surface area (Å²) in [6.07, 6.45) is 0. The molecule has 2 aromatic rings. The van der Waals surface area contributed by atoms with Crippen molar-refractivity contribution in [1.29, 1.82) is 0 Å². The van der Waals surface area contributed by atoms with Crippen molar-refractivity contribution in [3.8, 4) is 0 Å². The number of nitrogens with one attached hydrogen (secondary N) is 1. The molecule has 1 heterocycles. The van der Waals surface area contributed by atoms with Gasteiger partial charge in [-0.3, -0.25) is 4.79 Å². The zero-order chi connectivity index (χ0) is 14.1. The molecule has 20 heavy (non-hydrogen) atoms. The summed E-state index contributed by atoms with van der Waals surface area (Å²) in [6, 6.07) is 14.2. The number of nitrogens with zero attached hydrogens (tertiary/aromatic N) is 1. The molecule has 1 aliphatic heterocycles. The molecule has 0 aliphatic carbocycles. The molecule has 3 nitrogen and oxygen atoms in total. The van der Waals surface area contributed by atoms with E-state index in [2.05, 4.69) is 29.4 Å². The van der Waals surface area contributed by atoms with Gasteiger partial charge in [-0.05, 0) is 30.3 Å². The van der Waals surface area contributed by atoms with Gasteiger partial charge in [0.05, 0.1) is 11.4 Å². The highest BCUT2D eigenvalue weighted by atomic mass is 35.5. The van der Waals surface area contributed by atoms with E-state index >= 15 is 0 Å². The van der Waals surface area contributed by atoms with Crippen LogP contribution in [0.15, 0.2) is 52.3 Å². The van der Waals surface area contributed by atoms with Gasteiger partial charge >= 0.3 is 0 Å². The molecule has 0 bridgehead atoms. The maximum absolute atomic E-state index is 11.4. The van der Waals surface area contributed by atoms with Crippen LogP contribution in [0.3, 0.4) is 0 Å². The highest BCUT2D eigenvalue weighted by Crippen LogP contribution is 2.47. The van der Waals surface area contributed by atoms with E-state index in [-0.39, 0.29) is 11.8 Å². The third-order valence-electron chi connectivity index (χ3n) is 3.17. The van der Waals surface area contributed by atoms with E-state index < -0.39 is 0 Å². The van der Waals surface area contributed by atoms with E-state index in [1.54, 1.807) is 11.8 Å². The Morgan fingerprint density at radius 3 is 2.75 bits per heavy atom. The second kappa shape index (κ2) is 5.38. The van der Waals surface area contributed by atoms with E-state index in [1.165, 1.54) is 10.6 Å². The second-order valence-electron chi connectivity index (χ2n) is 4.49. The van der Waals surface area contributed by atoms with Crippen LogP contribution in [0.25, 0.3) is 0 Å². The molecule has 0 radical (unpaired) electrons. The Kier molecular flexibility index (Phi) is 3.59. The molecule has 1 amide bonds. The van der Waals surface area contributed by atoms with E-state index in [0.717, 1.165) is 16.3 Å². The fourth-order valence-electron chi connectivity index (χ4n) is 2.21. The molecule has 3 rings (SSSR count). The number of halogens is 1. The average Bonchev–Trinajstić information content (AvgIpc) is 2.47. The van der Waals surface area contributed by atoms with Crippen LogP contribution in [0.2, 0.25) is 0 Å². The van der Waals surface area contributed by atoms with Crippen LogP contribution in [-0.2, 0) is 4.79 Å². The fraction of sp³-hybridized carbons (Fsp3) is 0.133. The molecule has 0 saturated heterocycles. The monoisotopic (exact) mass is 304 g/mol. The molecule has 102 valence electrons. The Labute approximate surface area is 126 Å². The lowest BCUT2D eigenvalue weighted by molar-refractivity contribution is -0.113. The van der Waals surface area contributed by atoms with Crippen molar-refractivity contribution in [2.75, 3.05) is 23.1 Å². The van der Waals surface area contributed by atoms with Gasteiger partial charge in [-0.25, -0.2) is 0 Å². The quantitative estimate of drug-likeness (QED) is 0.848. The van der Waals surface area contributed by atoms with Crippen LogP contribution in [0, 0.1) is 0 Å². The predicted molar refractivity (Wildman–Crippen MR) is 84.4 cm³/mol. The topological polar surface area (TPSA) is 32.3 Å². The van der Waals surface area contributed by atoms with Crippen LogP contribution >= 0.6 is 23.4 Å². The Morgan fingerprint density at radius 1 is 1.20 bits per heavy atom. The van der Waals surface area contributed by atoms with Crippen LogP contribution in [0.5, 0.6) is 0 Å². The van der Waals surface area contributed by atoms with Gasteiger partial charge in [0.25, 0.3) is 0 Å². The van der Waals surface area contributed by atoms with Gasteiger partial charge in [0.2, 0.25) is 5.91 Å². The molecule has 0 aromatic heterocycles. The first-order valence-corrected chi connectivity index (χ1v) is 7.54. The molecule has 2 aromatic carbocycles. The summed E-state index contributed by atoms with van der Waals surface area (Å²) < 4.78 is 0. The van der Waals surface area contributed by atoms with Gasteiger partial charge in [0.1, 0.15) is 5.88 Å². The summed E-state index contributed by atoms with van der Waals surface area (Å²) in [4.78, 5) is 15.8. The lowest BCUT2D eigenvalue weighted by Crippen LogP contribution is -2.16. The summed E-state index contributed by atoms with van der Waals surface area (Å²) in [5, 5.41) is 2.78. The standard InChI is InChI=1S/C15H13ClN2OS/c1-18-11-4-2-3-5-13(11)20-14-8-10(6-7-12(14)18)17-15(19)9-16/h2-8H,9H2,1H3,(H,17,19). The maximum Gasteiger partial charge on any atom is 0.239 e. The van der Waals surface area contributed by atoms with Crippen molar-refractivity contribution < 1.29 is 4.79 Å². The summed E-state index contributed by atoms with van der Waals surface area (Å²) in [5.41, 5.74) is 3.11. The molecule has 1 aliphatic rings. The van der Waals surface area contributed by atoms with Gasteiger partial charge in [0.15, 0.2) is 0 Å². The number of amides is 1. The Hall–Kier alpha value is -1.65. The summed E-state index contributed by atoms with van der Waals surface area (Å²) in [7, 11) is 2.05. The first kappa shape index (κ1) is 13.3.